The second-order valence-corrected chi connectivity index (χ2v) is 3.96. The van der Waals surface area contributed by atoms with Crippen LogP contribution < -0.4 is 16.4 Å². The zero-order chi connectivity index (χ0) is 14.1. The number of carbonyl (C=O) groups excluding carboxylic acids is 2. The van der Waals surface area contributed by atoms with Gasteiger partial charge in [-0.3, -0.25) is 9.59 Å². The van der Waals surface area contributed by atoms with E-state index in [1.807, 2.05) is 24.3 Å². The summed E-state index contributed by atoms with van der Waals surface area (Å²) in [7, 11) is 1.62. The van der Waals surface area contributed by atoms with Gasteiger partial charge < -0.3 is 21.1 Å². The summed E-state index contributed by atoms with van der Waals surface area (Å²) >= 11 is 0. The summed E-state index contributed by atoms with van der Waals surface area (Å²) < 4.78 is 5.09. The van der Waals surface area contributed by atoms with Gasteiger partial charge >= 0.3 is 0 Å². The molecule has 0 heterocycles. The van der Waals surface area contributed by atoms with E-state index < -0.39 is 0 Å². The second-order valence-electron chi connectivity index (χ2n) is 3.96. The van der Waals surface area contributed by atoms with Crippen molar-refractivity contribution in [3.05, 3.63) is 35.4 Å². The van der Waals surface area contributed by atoms with Crippen molar-refractivity contribution in [1.82, 2.24) is 10.6 Å². The van der Waals surface area contributed by atoms with Crippen LogP contribution in [0.3, 0.4) is 0 Å². The van der Waals surface area contributed by atoms with E-state index in [1.54, 1.807) is 7.11 Å². The van der Waals surface area contributed by atoms with E-state index in [1.165, 1.54) is 0 Å². The molecular formula is C13H19N3O3. The molecular weight excluding hydrogens is 246 g/mol. The summed E-state index contributed by atoms with van der Waals surface area (Å²) in [6.45, 7) is 0.708. The normalized spacial score (nSPS) is 10.0. The summed E-state index contributed by atoms with van der Waals surface area (Å²) in [6.07, 6.45) is 0. The number of methoxy groups -OCH3 is 1. The van der Waals surface area contributed by atoms with Gasteiger partial charge in [0.25, 0.3) is 0 Å². The number of amides is 2. The maximum absolute atomic E-state index is 11.5. The van der Waals surface area contributed by atoms with Crippen molar-refractivity contribution in [2.45, 2.75) is 13.2 Å². The molecule has 0 aliphatic rings. The van der Waals surface area contributed by atoms with E-state index in [0.717, 1.165) is 11.1 Å². The first-order valence-corrected chi connectivity index (χ1v) is 5.96. The number of carbonyl (C=O) groups is 2. The molecule has 19 heavy (non-hydrogen) atoms. The fourth-order valence-electron chi connectivity index (χ4n) is 1.53. The topological polar surface area (TPSA) is 93.5 Å². The Kier molecular flexibility index (Phi) is 6.56. The molecule has 0 atom stereocenters. The first-order chi connectivity index (χ1) is 9.17. The molecule has 6 nitrogen and oxygen atoms in total. The van der Waals surface area contributed by atoms with E-state index in [2.05, 4.69) is 10.6 Å². The molecule has 0 fully saturated rings. The molecule has 0 saturated carbocycles. The summed E-state index contributed by atoms with van der Waals surface area (Å²) in [5.74, 6) is -0.607. The minimum Gasteiger partial charge on any atom is -0.380 e. The summed E-state index contributed by atoms with van der Waals surface area (Å²) in [4.78, 5) is 22.4. The zero-order valence-corrected chi connectivity index (χ0v) is 10.9. The number of rotatable bonds is 7. The molecule has 0 aliphatic carbocycles. The van der Waals surface area contributed by atoms with Crippen LogP contribution in [-0.4, -0.2) is 32.0 Å². The van der Waals surface area contributed by atoms with Crippen LogP contribution in [0, 0.1) is 0 Å². The Morgan fingerprint density at radius 3 is 2.47 bits per heavy atom. The van der Waals surface area contributed by atoms with Crippen LogP contribution in [0.2, 0.25) is 0 Å². The van der Waals surface area contributed by atoms with Crippen LogP contribution in [0.15, 0.2) is 24.3 Å². The molecule has 6 heteroatoms. The summed E-state index contributed by atoms with van der Waals surface area (Å²) in [5, 5.41) is 5.13. The Labute approximate surface area is 112 Å². The van der Waals surface area contributed by atoms with Crippen LogP contribution in [-0.2, 0) is 27.5 Å². The van der Waals surface area contributed by atoms with E-state index in [9.17, 15) is 9.59 Å². The molecule has 1 aromatic carbocycles. The molecule has 1 rings (SSSR count). The predicted molar refractivity (Wildman–Crippen MR) is 71.1 cm³/mol. The van der Waals surface area contributed by atoms with Crippen molar-refractivity contribution in [3.63, 3.8) is 0 Å². The first kappa shape index (κ1) is 15.1. The van der Waals surface area contributed by atoms with E-state index in [-0.39, 0.29) is 24.9 Å². The van der Waals surface area contributed by atoms with Gasteiger partial charge in [-0.05, 0) is 11.1 Å². The van der Waals surface area contributed by atoms with E-state index >= 15 is 0 Å². The third kappa shape index (κ3) is 5.50. The zero-order valence-electron chi connectivity index (χ0n) is 10.9. The highest BCUT2D eigenvalue weighted by molar-refractivity contribution is 5.85. The first-order valence-electron chi connectivity index (χ1n) is 5.96. The SMILES string of the molecule is COCc1ccccc1CNC(=O)CNC(=O)CN. The Morgan fingerprint density at radius 1 is 1.16 bits per heavy atom. The molecule has 1 aromatic rings. The van der Waals surface area contributed by atoms with Gasteiger partial charge in [0.15, 0.2) is 0 Å². The van der Waals surface area contributed by atoms with Crippen molar-refractivity contribution < 1.29 is 14.3 Å². The van der Waals surface area contributed by atoms with Crippen LogP contribution in [0.25, 0.3) is 0 Å². The number of benzene rings is 1. The van der Waals surface area contributed by atoms with E-state index in [0.29, 0.717) is 13.2 Å². The Balaban J connectivity index is 2.43. The van der Waals surface area contributed by atoms with Crippen molar-refractivity contribution in [3.8, 4) is 0 Å². The number of ether oxygens (including phenoxy) is 1. The lowest BCUT2D eigenvalue weighted by Crippen LogP contribution is -2.39. The van der Waals surface area contributed by atoms with Gasteiger partial charge in [0, 0.05) is 13.7 Å². The smallest absolute Gasteiger partial charge is 0.239 e. The van der Waals surface area contributed by atoms with Gasteiger partial charge in [0.1, 0.15) is 0 Å². The van der Waals surface area contributed by atoms with Crippen LogP contribution >= 0.6 is 0 Å². The van der Waals surface area contributed by atoms with Crippen molar-refractivity contribution in [1.29, 1.82) is 0 Å². The lowest BCUT2D eigenvalue weighted by molar-refractivity contribution is -0.125. The minimum atomic E-state index is -0.352. The molecule has 0 bridgehead atoms. The molecule has 0 radical (unpaired) electrons. The molecule has 2 amide bonds. The predicted octanol–water partition coefficient (Wildman–Crippen LogP) is -0.476. The van der Waals surface area contributed by atoms with Gasteiger partial charge in [0.2, 0.25) is 11.8 Å². The van der Waals surface area contributed by atoms with Crippen molar-refractivity contribution in [2.75, 3.05) is 20.2 Å². The monoisotopic (exact) mass is 265 g/mol. The fourth-order valence-corrected chi connectivity index (χ4v) is 1.53. The lowest BCUT2D eigenvalue weighted by Gasteiger charge is -2.10. The van der Waals surface area contributed by atoms with Gasteiger partial charge in [-0.25, -0.2) is 0 Å². The third-order valence-electron chi connectivity index (χ3n) is 2.53. The Hall–Kier alpha value is -1.92. The number of nitrogens with one attached hydrogen (secondary N) is 2. The Bertz CT molecular complexity index is 435. The van der Waals surface area contributed by atoms with Gasteiger partial charge in [0.05, 0.1) is 19.7 Å². The molecule has 0 aliphatic heterocycles. The van der Waals surface area contributed by atoms with Gasteiger partial charge in [-0.2, -0.15) is 0 Å². The summed E-state index contributed by atoms with van der Waals surface area (Å²) in [5.41, 5.74) is 7.13. The van der Waals surface area contributed by atoms with Crippen molar-refractivity contribution >= 4 is 11.8 Å². The lowest BCUT2D eigenvalue weighted by atomic mass is 10.1. The standard InChI is InChI=1S/C13H19N3O3/c1-19-9-11-5-3-2-4-10(11)7-15-13(18)8-16-12(17)6-14/h2-5H,6-9,14H2,1H3,(H,15,18)(H,16,17). The Morgan fingerprint density at radius 2 is 1.84 bits per heavy atom. The average Bonchev–Trinajstić information content (AvgIpc) is 2.44. The average molecular weight is 265 g/mol. The molecule has 0 spiro atoms. The highest BCUT2D eigenvalue weighted by Gasteiger charge is 2.05. The maximum atomic E-state index is 11.5. The molecule has 0 saturated heterocycles. The van der Waals surface area contributed by atoms with Crippen molar-refractivity contribution in [2.24, 2.45) is 5.73 Å². The summed E-state index contributed by atoms with van der Waals surface area (Å²) in [6, 6.07) is 7.69. The number of nitrogens with two attached hydrogens (primary N) is 1. The maximum Gasteiger partial charge on any atom is 0.239 e. The number of hydrogen-bond donors (Lipinski definition) is 3. The highest BCUT2D eigenvalue weighted by Crippen LogP contribution is 2.09. The highest BCUT2D eigenvalue weighted by atomic mass is 16.5. The van der Waals surface area contributed by atoms with Crippen LogP contribution in [0.4, 0.5) is 0 Å². The quantitative estimate of drug-likeness (QED) is 0.621. The molecule has 4 N–H and O–H groups in total. The molecule has 0 unspecified atom stereocenters. The van der Waals surface area contributed by atoms with Gasteiger partial charge in [-0.15, -0.1) is 0 Å². The fraction of sp³-hybridized carbons (Fsp3) is 0.385. The number of hydrogen-bond acceptors (Lipinski definition) is 4. The third-order valence-corrected chi connectivity index (χ3v) is 2.53. The van der Waals surface area contributed by atoms with Gasteiger partial charge in [-0.1, -0.05) is 24.3 Å². The largest absolute Gasteiger partial charge is 0.380 e. The molecule has 104 valence electrons. The van der Waals surface area contributed by atoms with Crippen LogP contribution in [0.5, 0.6) is 0 Å². The minimum absolute atomic E-state index is 0.0670. The van der Waals surface area contributed by atoms with E-state index in [4.69, 9.17) is 10.5 Å². The second kappa shape index (κ2) is 8.23. The molecule has 0 aromatic heterocycles. The van der Waals surface area contributed by atoms with Crippen LogP contribution in [0.1, 0.15) is 11.1 Å².